The molecule has 0 saturated carbocycles. The first-order valence-electron chi connectivity index (χ1n) is 4.39. The molecule has 0 bridgehead atoms. The van der Waals surface area contributed by atoms with Gasteiger partial charge in [-0.3, -0.25) is 4.21 Å². The van der Waals surface area contributed by atoms with Crippen molar-refractivity contribution >= 4 is 10.8 Å². The molecule has 1 aliphatic heterocycles. The van der Waals surface area contributed by atoms with Crippen molar-refractivity contribution in [1.29, 1.82) is 0 Å². The van der Waals surface area contributed by atoms with E-state index in [4.69, 9.17) is 10.5 Å². The Balaban J connectivity index is 2.27. The lowest BCUT2D eigenvalue weighted by Gasteiger charge is -2.11. The van der Waals surface area contributed by atoms with E-state index in [-0.39, 0.29) is 5.25 Å². The van der Waals surface area contributed by atoms with E-state index in [0.717, 1.165) is 18.8 Å². The lowest BCUT2D eigenvalue weighted by atomic mass is 10.2. The van der Waals surface area contributed by atoms with Crippen molar-refractivity contribution in [3.8, 4) is 0 Å². The SMILES string of the molecule is CC(CN)CS(=O)C1CCOC1. The molecule has 2 N–H and O–H groups in total. The van der Waals surface area contributed by atoms with Crippen molar-refractivity contribution in [2.24, 2.45) is 11.7 Å². The molecule has 3 unspecified atom stereocenters. The molecule has 3 nitrogen and oxygen atoms in total. The van der Waals surface area contributed by atoms with Crippen molar-refractivity contribution in [2.45, 2.75) is 18.6 Å². The van der Waals surface area contributed by atoms with E-state index >= 15 is 0 Å². The Labute approximate surface area is 76.1 Å². The Kier molecular flexibility index (Phi) is 4.18. The van der Waals surface area contributed by atoms with Crippen LogP contribution in [0.3, 0.4) is 0 Å². The smallest absolute Gasteiger partial charge is 0.0610 e. The fraction of sp³-hybridized carbons (Fsp3) is 1.00. The lowest BCUT2D eigenvalue weighted by molar-refractivity contribution is 0.198. The summed E-state index contributed by atoms with van der Waals surface area (Å²) < 4.78 is 16.8. The zero-order valence-electron chi connectivity index (χ0n) is 7.49. The van der Waals surface area contributed by atoms with Gasteiger partial charge >= 0.3 is 0 Å². The Morgan fingerprint density at radius 3 is 3.00 bits per heavy atom. The summed E-state index contributed by atoms with van der Waals surface area (Å²) in [4.78, 5) is 0. The Bertz CT molecular complexity index is 157. The molecule has 0 aromatic rings. The molecule has 4 heteroatoms. The molecule has 1 saturated heterocycles. The first kappa shape index (κ1) is 10.2. The van der Waals surface area contributed by atoms with Crippen molar-refractivity contribution in [3.05, 3.63) is 0 Å². The molecule has 72 valence electrons. The van der Waals surface area contributed by atoms with Gasteiger partial charge in [-0.2, -0.15) is 0 Å². The molecule has 1 fully saturated rings. The first-order valence-corrected chi connectivity index (χ1v) is 5.77. The Morgan fingerprint density at radius 2 is 2.50 bits per heavy atom. The normalized spacial score (nSPS) is 28.7. The third kappa shape index (κ3) is 2.84. The summed E-state index contributed by atoms with van der Waals surface area (Å²) in [5.41, 5.74) is 5.45. The minimum absolute atomic E-state index is 0.263. The maximum atomic E-state index is 11.6. The number of hydrogen-bond donors (Lipinski definition) is 1. The maximum Gasteiger partial charge on any atom is 0.0610 e. The summed E-state index contributed by atoms with van der Waals surface area (Å²) in [5, 5.41) is 0.263. The highest BCUT2D eigenvalue weighted by Crippen LogP contribution is 2.12. The van der Waals surface area contributed by atoms with E-state index in [1.807, 2.05) is 6.92 Å². The molecule has 1 aliphatic rings. The highest BCUT2D eigenvalue weighted by molar-refractivity contribution is 7.85. The second-order valence-electron chi connectivity index (χ2n) is 3.37. The summed E-state index contributed by atoms with van der Waals surface area (Å²) in [6.07, 6.45) is 0.948. The molecule has 0 aromatic carbocycles. The molecule has 0 aliphatic carbocycles. The van der Waals surface area contributed by atoms with Crippen LogP contribution in [0.4, 0.5) is 0 Å². The van der Waals surface area contributed by atoms with Crippen LogP contribution in [0.1, 0.15) is 13.3 Å². The van der Waals surface area contributed by atoms with Crippen LogP contribution in [0.25, 0.3) is 0 Å². The molecule has 3 atom stereocenters. The van der Waals surface area contributed by atoms with E-state index in [0.29, 0.717) is 19.1 Å². The largest absolute Gasteiger partial charge is 0.380 e. The van der Waals surface area contributed by atoms with Crippen LogP contribution in [0.5, 0.6) is 0 Å². The van der Waals surface area contributed by atoms with E-state index in [1.165, 1.54) is 0 Å². The zero-order chi connectivity index (χ0) is 8.97. The van der Waals surface area contributed by atoms with E-state index in [1.54, 1.807) is 0 Å². The lowest BCUT2D eigenvalue weighted by Crippen LogP contribution is -2.24. The average molecular weight is 191 g/mol. The van der Waals surface area contributed by atoms with Crippen LogP contribution in [-0.2, 0) is 15.5 Å². The summed E-state index contributed by atoms with van der Waals surface area (Å²) in [7, 11) is -0.730. The standard InChI is InChI=1S/C8H17NO2S/c1-7(4-9)6-12(10)8-2-3-11-5-8/h7-8H,2-6,9H2,1H3. The van der Waals surface area contributed by atoms with Gasteiger partial charge < -0.3 is 10.5 Å². The Hall–Kier alpha value is 0.0700. The minimum atomic E-state index is -0.730. The average Bonchev–Trinajstić information content (AvgIpc) is 2.56. The van der Waals surface area contributed by atoms with Gasteiger partial charge in [0, 0.05) is 23.2 Å². The van der Waals surface area contributed by atoms with E-state index < -0.39 is 10.8 Å². The Morgan fingerprint density at radius 1 is 1.75 bits per heavy atom. The summed E-state index contributed by atoms with van der Waals surface area (Å²) >= 11 is 0. The first-order chi connectivity index (χ1) is 5.74. The third-order valence-corrected chi connectivity index (χ3v) is 4.12. The number of rotatable bonds is 4. The molecular formula is C8H17NO2S. The van der Waals surface area contributed by atoms with Gasteiger partial charge in [0.1, 0.15) is 0 Å². The predicted octanol–water partition coefficient (Wildman–Crippen LogP) is 0.119. The van der Waals surface area contributed by atoms with Crippen LogP contribution in [0.15, 0.2) is 0 Å². The molecule has 0 spiro atoms. The molecule has 0 aromatic heterocycles. The highest BCUT2D eigenvalue weighted by Gasteiger charge is 2.22. The third-order valence-electron chi connectivity index (χ3n) is 2.11. The van der Waals surface area contributed by atoms with Gasteiger partial charge in [0.15, 0.2) is 0 Å². The summed E-state index contributed by atoms with van der Waals surface area (Å²) in [6, 6.07) is 0. The number of hydrogen-bond acceptors (Lipinski definition) is 3. The molecular weight excluding hydrogens is 174 g/mol. The molecule has 12 heavy (non-hydrogen) atoms. The van der Waals surface area contributed by atoms with Gasteiger partial charge in [-0.15, -0.1) is 0 Å². The minimum Gasteiger partial charge on any atom is -0.380 e. The fourth-order valence-electron chi connectivity index (χ4n) is 1.20. The monoisotopic (exact) mass is 191 g/mol. The van der Waals surface area contributed by atoms with Crippen LogP contribution < -0.4 is 5.73 Å². The second-order valence-corrected chi connectivity index (χ2v) is 5.14. The van der Waals surface area contributed by atoms with Gasteiger partial charge in [-0.1, -0.05) is 6.92 Å². The van der Waals surface area contributed by atoms with Crippen LogP contribution in [-0.4, -0.2) is 35.0 Å². The molecule has 0 radical (unpaired) electrons. The zero-order valence-corrected chi connectivity index (χ0v) is 8.31. The molecule has 1 heterocycles. The van der Waals surface area contributed by atoms with Crippen molar-refractivity contribution < 1.29 is 8.95 Å². The van der Waals surface area contributed by atoms with E-state index in [2.05, 4.69) is 0 Å². The van der Waals surface area contributed by atoms with Crippen molar-refractivity contribution in [1.82, 2.24) is 0 Å². The maximum absolute atomic E-state index is 11.6. The van der Waals surface area contributed by atoms with Gasteiger partial charge in [-0.05, 0) is 18.9 Å². The van der Waals surface area contributed by atoms with Gasteiger partial charge in [-0.25, -0.2) is 0 Å². The topological polar surface area (TPSA) is 52.3 Å². The van der Waals surface area contributed by atoms with E-state index in [9.17, 15) is 4.21 Å². The van der Waals surface area contributed by atoms with Crippen LogP contribution >= 0.6 is 0 Å². The van der Waals surface area contributed by atoms with Crippen LogP contribution in [0.2, 0.25) is 0 Å². The number of ether oxygens (including phenoxy) is 1. The number of nitrogens with two attached hydrogens (primary N) is 1. The predicted molar refractivity (Wildman–Crippen MR) is 50.5 cm³/mol. The molecule has 1 rings (SSSR count). The quantitative estimate of drug-likeness (QED) is 0.686. The summed E-state index contributed by atoms with van der Waals surface area (Å²) in [6.45, 7) is 4.10. The van der Waals surface area contributed by atoms with Crippen LogP contribution in [0, 0.1) is 5.92 Å². The van der Waals surface area contributed by atoms with Gasteiger partial charge in [0.25, 0.3) is 0 Å². The van der Waals surface area contributed by atoms with Crippen molar-refractivity contribution in [2.75, 3.05) is 25.5 Å². The van der Waals surface area contributed by atoms with Gasteiger partial charge in [0.05, 0.1) is 11.9 Å². The van der Waals surface area contributed by atoms with Crippen molar-refractivity contribution in [3.63, 3.8) is 0 Å². The summed E-state index contributed by atoms with van der Waals surface area (Å²) in [5.74, 6) is 1.09. The van der Waals surface area contributed by atoms with Gasteiger partial charge in [0.2, 0.25) is 0 Å². The molecule has 0 amide bonds. The highest BCUT2D eigenvalue weighted by atomic mass is 32.2. The fourth-order valence-corrected chi connectivity index (χ4v) is 2.78. The second kappa shape index (κ2) is 4.94.